The number of benzene rings is 3. The van der Waals surface area contributed by atoms with E-state index in [1.165, 1.54) is 17.2 Å². The van der Waals surface area contributed by atoms with Crippen molar-refractivity contribution in [2.24, 2.45) is 0 Å². The second kappa shape index (κ2) is 9.09. The number of fused-ring (bicyclic) bond motifs is 9. The summed E-state index contributed by atoms with van der Waals surface area (Å²) in [4.78, 5) is 0. The minimum absolute atomic E-state index is 0.0386. The van der Waals surface area contributed by atoms with Crippen molar-refractivity contribution >= 4 is 5.70 Å². The summed E-state index contributed by atoms with van der Waals surface area (Å²) < 4.78 is 34.7. The molecule has 0 N–H and O–H groups in total. The summed E-state index contributed by atoms with van der Waals surface area (Å²) in [5, 5.41) is 0. The van der Waals surface area contributed by atoms with Crippen LogP contribution in [0.5, 0.6) is 0 Å². The highest BCUT2D eigenvalue weighted by atomic mass is 19.2. The van der Waals surface area contributed by atoms with Crippen molar-refractivity contribution in [2.45, 2.75) is 31.7 Å². The number of halogens is 2. The Hall–Kier alpha value is -4.44. The van der Waals surface area contributed by atoms with Crippen molar-refractivity contribution in [2.75, 3.05) is 0 Å². The van der Waals surface area contributed by atoms with Crippen LogP contribution in [0.15, 0.2) is 110 Å². The minimum Gasteiger partial charge on any atom is -0.204 e. The lowest BCUT2D eigenvalue weighted by Gasteiger charge is -2.29. The number of hydrogen-bond acceptors (Lipinski definition) is 0. The number of nitrogens with zero attached hydrogens (tertiary/aromatic N) is 2. The highest BCUT2D eigenvalue weighted by Gasteiger charge is 2.47. The molecule has 0 saturated carbocycles. The second-order valence-corrected chi connectivity index (χ2v) is 10.5. The first-order chi connectivity index (χ1) is 19.0. The third-order valence-corrected chi connectivity index (χ3v) is 8.41. The Morgan fingerprint density at radius 1 is 0.795 bits per heavy atom. The molecule has 2 aliphatic rings. The lowest BCUT2D eigenvalue weighted by atomic mass is 9.78. The molecule has 0 aliphatic carbocycles. The molecule has 2 atom stereocenters. The molecule has 0 amide bonds. The van der Waals surface area contributed by atoms with Crippen molar-refractivity contribution in [3.63, 3.8) is 0 Å². The standard InChI is InChI=1S/C35H28F2N2/c1-22-21-39-23(2)35-29(25-12-6-7-13-26(25)32-14-8-9-19-38(32)35)16-15-28-27(17-18-31(36)34(28)37)33(39)20-30(22)24-10-4-3-5-11-24/h3-14,17-21,29,35H,2,15-16H2,1H3/q+2. The third-order valence-electron chi connectivity index (χ3n) is 8.41. The van der Waals surface area contributed by atoms with Gasteiger partial charge in [0.25, 0.3) is 0 Å². The van der Waals surface area contributed by atoms with Crippen LogP contribution in [0.1, 0.15) is 35.1 Å². The Bertz CT molecular complexity index is 1770. The smallest absolute Gasteiger partial charge is 0.204 e. The van der Waals surface area contributed by atoms with Gasteiger partial charge in [-0.3, -0.25) is 0 Å². The predicted octanol–water partition coefficient (Wildman–Crippen LogP) is 7.60. The molecule has 4 heterocycles. The highest BCUT2D eigenvalue weighted by molar-refractivity contribution is 5.74. The van der Waals surface area contributed by atoms with Gasteiger partial charge in [-0.1, -0.05) is 48.5 Å². The quantitative estimate of drug-likeness (QED) is 0.204. The van der Waals surface area contributed by atoms with Gasteiger partial charge in [-0.2, -0.15) is 9.13 Å². The summed E-state index contributed by atoms with van der Waals surface area (Å²) in [5.74, 6) is -1.53. The molecule has 39 heavy (non-hydrogen) atoms. The normalized spacial score (nSPS) is 17.5. The van der Waals surface area contributed by atoms with E-state index in [1.54, 1.807) is 6.07 Å². The Morgan fingerprint density at radius 3 is 2.41 bits per heavy atom. The van der Waals surface area contributed by atoms with Crippen molar-refractivity contribution in [1.82, 2.24) is 0 Å². The Kier molecular flexibility index (Phi) is 5.52. The molecule has 7 rings (SSSR count). The summed E-state index contributed by atoms with van der Waals surface area (Å²) in [6.45, 7) is 6.78. The van der Waals surface area contributed by atoms with Gasteiger partial charge in [-0.25, -0.2) is 8.78 Å². The zero-order valence-electron chi connectivity index (χ0n) is 21.7. The minimum atomic E-state index is -0.811. The van der Waals surface area contributed by atoms with Crippen molar-refractivity contribution < 1.29 is 17.9 Å². The highest BCUT2D eigenvalue weighted by Crippen LogP contribution is 2.45. The van der Waals surface area contributed by atoms with Crippen molar-refractivity contribution in [3.8, 4) is 33.6 Å². The molecule has 2 unspecified atom stereocenters. The van der Waals surface area contributed by atoms with Gasteiger partial charge in [0.15, 0.2) is 24.0 Å². The molecule has 5 aromatic rings. The fourth-order valence-electron chi connectivity index (χ4n) is 6.60. The molecule has 0 saturated heterocycles. The lowest BCUT2D eigenvalue weighted by Crippen LogP contribution is -2.53. The van der Waals surface area contributed by atoms with Crippen LogP contribution in [0.4, 0.5) is 8.78 Å². The summed E-state index contributed by atoms with van der Waals surface area (Å²) in [6.07, 6.45) is 5.30. The molecular formula is C35H28F2N2+2. The van der Waals surface area contributed by atoms with Gasteiger partial charge in [0.1, 0.15) is 0 Å². The fraction of sp³-hybridized carbons (Fsp3) is 0.143. The Morgan fingerprint density at radius 2 is 1.56 bits per heavy atom. The van der Waals surface area contributed by atoms with Crippen molar-refractivity contribution in [3.05, 3.63) is 138 Å². The van der Waals surface area contributed by atoms with E-state index in [9.17, 15) is 4.39 Å². The van der Waals surface area contributed by atoms with Crippen molar-refractivity contribution in [1.29, 1.82) is 0 Å². The number of rotatable bonds is 1. The molecule has 0 spiro atoms. The van der Waals surface area contributed by atoms with Gasteiger partial charge in [0.2, 0.25) is 23.1 Å². The van der Waals surface area contributed by atoms with Crippen LogP contribution in [-0.2, 0) is 6.42 Å². The third kappa shape index (κ3) is 3.66. The average Bonchev–Trinajstić information content (AvgIpc) is 3.02. The van der Waals surface area contributed by atoms with E-state index in [0.717, 1.165) is 33.8 Å². The van der Waals surface area contributed by atoms with E-state index >= 15 is 4.39 Å². The zero-order chi connectivity index (χ0) is 26.7. The van der Waals surface area contributed by atoms with Crippen LogP contribution in [0.25, 0.3) is 39.3 Å². The van der Waals surface area contributed by atoms with Crippen LogP contribution >= 0.6 is 0 Å². The number of aromatic nitrogens is 2. The molecule has 2 aliphatic heterocycles. The average molecular weight is 515 g/mol. The number of hydrogen-bond donors (Lipinski definition) is 0. The largest absolute Gasteiger partial charge is 0.249 e. The van der Waals surface area contributed by atoms with Crippen LogP contribution in [0, 0.1) is 18.6 Å². The van der Waals surface area contributed by atoms with E-state index in [1.807, 2.05) is 24.3 Å². The molecule has 190 valence electrons. The molecule has 4 heteroatoms. The summed E-state index contributed by atoms with van der Waals surface area (Å²) in [5.41, 5.74) is 9.59. The first kappa shape index (κ1) is 23.7. The summed E-state index contributed by atoms with van der Waals surface area (Å²) in [6, 6.07) is 29.9. The summed E-state index contributed by atoms with van der Waals surface area (Å²) in [7, 11) is 0. The molecule has 2 aromatic heterocycles. The maximum atomic E-state index is 15.6. The Balaban J connectivity index is 1.54. The SMILES string of the molecule is C=C1C2C(CCc3c(ccc(F)c3F)-c3cc(-c4ccccc4)c(C)c[n+]31)c1ccccc1-c1cccc[n+]12. The first-order valence-corrected chi connectivity index (χ1v) is 13.4. The summed E-state index contributed by atoms with van der Waals surface area (Å²) >= 11 is 0. The van der Waals surface area contributed by atoms with Crippen LogP contribution in [-0.4, -0.2) is 0 Å². The topological polar surface area (TPSA) is 7.76 Å². The molecule has 0 fully saturated rings. The fourth-order valence-corrected chi connectivity index (χ4v) is 6.60. The molecular weight excluding hydrogens is 486 g/mol. The lowest BCUT2D eigenvalue weighted by molar-refractivity contribution is -0.727. The number of pyridine rings is 2. The zero-order valence-corrected chi connectivity index (χ0v) is 21.7. The Labute approximate surface area is 227 Å². The van der Waals surface area contributed by atoms with Gasteiger partial charge in [-0.05, 0) is 67.3 Å². The number of aryl methyl sites for hydroxylation is 1. The van der Waals surface area contributed by atoms with Crippen LogP contribution < -0.4 is 9.13 Å². The molecule has 0 radical (unpaired) electrons. The van der Waals surface area contributed by atoms with Gasteiger partial charge >= 0.3 is 0 Å². The van der Waals surface area contributed by atoms with Crippen LogP contribution in [0.2, 0.25) is 0 Å². The number of allylic oxidation sites excluding steroid dienone is 1. The van der Waals surface area contributed by atoms with Crippen LogP contribution in [0.3, 0.4) is 0 Å². The maximum absolute atomic E-state index is 15.6. The van der Waals surface area contributed by atoms with E-state index in [2.05, 4.69) is 89.6 Å². The van der Waals surface area contributed by atoms with Gasteiger partial charge in [0, 0.05) is 34.9 Å². The van der Waals surface area contributed by atoms with E-state index in [0.29, 0.717) is 24.0 Å². The monoisotopic (exact) mass is 514 g/mol. The molecule has 0 bridgehead atoms. The second-order valence-electron chi connectivity index (χ2n) is 10.5. The van der Waals surface area contributed by atoms with Gasteiger partial charge in [-0.15, -0.1) is 0 Å². The van der Waals surface area contributed by atoms with Gasteiger partial charge < -0.3 is 0 Å². The van der Waals surface area contributed by atoms with E-state index in [4.69, 9.17) is 0 Å². The van der Waals surface area contributed by atoms with E-state index < -0.39 is 11.6 Å². The van der Waals surface area contributed by atoms with Gasteiger partial charge in [0.05, 0.1) is 11.5 Å². The molecule has 2 nitrogen and oxygen atoms in total. The maximum Gasteiger partial charge on any atom is 0.249 e. The molecule has 3 aromatic carbocycles. The first-order valence-electron chi connectivity index (χ1n) is 13.4. The van der Waals surface area contributed by atoms with E-state index in [-0.39, 0.29) is 12.0 Å². The predicted molar refractivity (Wildman–Crippen MR) is 150 cm³/mol.